The molecule has 19 heavy (non-hydrogen) atoms. The van der Waals surface area contributed by atoms with E-state index >= 15 is 0 Å². The molecule has 0 amide bonds. The van der Waals surface area contributed by atoms with Crippen LogP contribution in [0, 0.1) is 6.92 Å². The first-order valence-electron chi connectivity index (χ1n) is 6.37. The van der Waals surface area contributed by atoms with E-state index in [1.165, 1.54) is 0 Å². The summed E-state index contributed by atoms with van der Waals surface area (Å²) in [4.78, 5) is 11.2. The minimum atomic E-state index is 0.595. The minimum absolute atomic E-state index is 0.595. The highest BCUT2D eigenvalue weighted by atomic mass is 16.5. The first kappa shape index (κ1) is 13.3. The molecule has 0 radical (unpaired) electrons. The van der Waals surface area contributed by atoms with Crippen molar-refractivity contribution >= 4 is 6.29 Å². The van der Waals surface area contributed by atoms with Crippen LogP contribution in [0.2, 0.25) is 0 Å². The predicted octanol–water partition coefficient (Wildman–Crippen LogP) is 3.09. The van der Waals surface area contributed by atoms with Crippen LogP contribution in [0.4, 0.5) is 0 Å². The van der Waals surface area contributed by atoms with Gasteiger partial charge in [0.1, 0.15) is 11.4 Å². The highest BCUT2D eigenvalue weighted by Gasteiger charge is 2.15. The molecule has 0 saturated carbocycles. The molecule has 0 saturated heterocycles. The molecule has 0 atom stereocenters. The summed E-state index contributed by atoms with van der Waals surface area (Å²) >= 11 is 0. The van der Waals surface area contributed by atoms with Gasteiger partial charge in [0.2, 0.25) is 0 Å². The number of aromatic nitrogens is 2. The summed E-state index contributed by atoms with van der Waals surface area (Å²) in [5.74, 6) is 0.732. The fraction of sp³-hybridized carbons (Fsp3) is 0.333. The van der Waals surface area contributed by atoms with Gasteiger partial charge in [-0.3, -0.25) is 9.48 Å². The van der Waals surface area contributed by atoms with Crippen LogP contribution >= 0.6 is 0 Å². The van der Waals surface area contributed by atoms with E-state index in [2.05, 4.69) is 12.0 Å². The number of hydrogen-bond acceptors (Lipinski definition) is 3. The zero-order valence-corrected chi connectivity index (χ0v) is 11.5. The molecule has 1 heterocycles. The van der Waals surface area contributed by atoms with Gasteiger partial charge in [-0.15, -0.1) is 0 Å². The summed E-state index contributed by atoms with van der Waals surface area (Å²) in [5.41, 5.74) is 3.25. The lowest BCUT2D eigenvalue weighted by atomic mass is 10.1. The van der Waals surface area contributed by atoms with E-state index in [1.54, 1.807) is 18.0 Å². The molecule has 0 unspecified atom stereocenters. The molecule has 0 aliphatic carbocycles. The highest BCUT2D eigenvalue weighted by Crippen LogP contribution is 2.31. The number of methoxy groups -OCH3 is 1. The molecule has 2 aromatic rings. The van der Waals surface area contributed by atoms with Crippen molar-refractivity contribution in [2.75, 3.05) is 7.11 Å². The number of carbonyl (C=O) groups excluding carboxylic acids is 1. The Labute approximate surface area is 113 Å². The molecule has 100 valence electrons. The van der Waals surface area contributed by atoms with E-state index in [4.69, 9.17) is 4.74 Å². The van der Waals surface area contributed by atoms with E-state index < -0.39 is 0 Å². The second-order valence-corrected chi connectivity index (χ2v) is 4.52. The summed E-state index contributed by atoms with van der Waals surface area (Å²) in [6, 6.07) is 5.87. The molecular formula is C15H18N2O2. The molecule has 1 aromatic carbocycles. The maximum absolute atomic E-state index is 11.2. The third-order valence-corrected chi connectivity index (χ3v) is 2.98. The first-order chi connectivity index (χ1) is 9.19. The normalized spacial score (nSPS) is 10.5. The summed E-state index contributed by atoms with van der Waals surface area (Å²) in [7, 11) is 1.62. The summed E-state index contributed by atoms with van der Waals surface area (Å²) in [6.45, 7) is 4.89. The van der Waals surface area contributed by atoms with Gasteiger partial charge < -0.3 is 4.74 Å². The van der Waals surface area contributed by atoms with Crippen LogP contribution in [0.5, 0.6) is 5.75 Å². The maximum Gasteiger partial charge on any atom is 0.153 e. The summed E-state index contributed by atoms with van der Waals surface area (Å²) in [6.07, 6.45) is 3.61. The van der Waals surface area contributed by atoms with Gasteiger partial charge in [0.15, 0.2) is 6.29 Å². The van der Waals surface area contributed by atoms with Gasteiger partial charge in [0, 0.05) is 18.3 Å². The van der Waals surface area contributed by atoms with Crippen LogP contribution in [0.15, 0.2) is 24.4 Å². The van der Waals surface area contributed by atoms with Crippen LogP contribution in [0.3, 0.4) is 0 Å². The van der Waals surface area contributed by atoms with Crippen molar-refractivity contribution in [3.8, 4) is 17.0 Å². The summed E-state index contributed by atoms with van der Waals surface area (Å²) < 4.78 is 7.16. The molecular weight excluding hydrogens is 240 g/mol. The Morgan fingerprint density at radius 2 is 2.21 bits per heavy atom. The van der Waals surface area contributed by atoms with Crippen LogP contribution < -0.4 is 4.74 Å². The van der Waals surface area contributed by atoms with E-state index in [0.29, 0.717) is 11.3 Å². The Morgan fingerprint density at radius 3 is 2.84 bits per heavy atom. The fourth-order valence-corrected chi connectivity index (χ4v) is 2.08. The zero-order chi connectivity index (χ0) is 13.8. The predicted molar refractivity (Wildman–Crippen MR) is 74.6 cm³/mol. The van der Waals surface area contributed by atoms with E-state index in [0.717, 1.165) is 36.1 Å². The minimum Gasteiger partial charge on any atom is -0.496 e. The average molecular weight is 258 g/mol. The number of rotatable bonds is 5. The molecule has 0 N–H and O–H groups in total. The van der Waals surface area contributed by atoms with Gasteiger partial charge in [-0.2, -0.15) is 5.10 Å². The smallest absolute Gasteiger partial charge is 0.153 e. The highest BCUT2D eigenvalue weighted by molar-refractivity contribution is 5.87. The van der Waals surface area contributed by atoms with Gasteiger partial charge in [-0.1, -0.05) is 18.6 Å². The molecule has 0 bridgehead atoms. The SMILES string of the molecule is CCCn1cc(C=O)c(-c2cc(C)ccc2OC)n1. The van der Waals surface area contributed by atoms with Gasteiger partial charge >= 0.3 is 0 Å². The fourth-order valence-electron chi connectivity index (χ4n) is 2.08. The molecule has 4 heteroatoms. The first-order valence-corrected chi connectivity index (χ1v) is 6.37. The lowest BCUT2D eigenvalue weighted by Crippen LogP contribution is -1.97. The molecule has 2 rings (SSSR count). The van der Waals surface area contributed by atoms with Crippen molar-refractivity contribution in [1.29, 1.82) is 0 Å². The number of nitrogens with zero attached hydrogens (tertiary/aromatic N) is 2. The van der Waals surface area contributed by atoms with Crippen molar-refractivity contribution in [1.82, 2.24) is 9.78 Å². The molecule has 1 aromatic heterocycles. The van der Waals surface area contributed by atoms with E-state index in [-0.39, 0.29) is 0 Å². The van der Waals surface area contributed by atoms with Crippen molar-refractivity contribution in [2.24, 2.45) is 0 Å². The molecule has 4 nitrogen and oxygen atoms in total. The van der Waals surface area contributed by atoms with Gasteiger partial charge in [-0.05, 0) is 25.5 Å². The van der Waals surface area contributed by atoms with E-state index in [9.17, 15) is 4.79 Å². The van der Waals surface area contributed by atoms with Crippen molar-refractivity contribution in [3.63, 3.8) is 0 Å². The maximum atomic E-state index is 11.2. The Morgan fingerprint density at radius 1 is 1.42 bits per heavy atom. The van der Waals surface area contributed by atoms with Crippen molar-refractivity contribution in [3.05, 3.63) is 35.5 Å². The molecule has 0 fully saturated rings. The number of benzene rings is 1. The third-order valence-electron chi connectivity index (χ3n) is 2.98. The molecule has 0 aliphatic heterocycles. The largest absolute Gasteiger partial charge is 0.496 e. The quantitative estimate of drug-likeness (QED) is 0.774. The van der Waals surface area contributed by atoms with Crippen LogP contribution in [-0.2, 0) is 6.54 Å². The zero-order valence-electron chi connectivity index (χ0n) is 11.5. The Balaban J connectivity index is 2.56. The second-order valence-electron chi connectivity index (χ2n) is 4.52. The number of hydrogen-bond donors (Lipinski definition) is 0. The number of aldehydes is 1. The topological polar surface area (TPSA) is 44.1 Å². The van der Waals surface area contributed by atoms with Crippen LogP contribution in [0.25, 0.3) is 11.3 Å². The Kier molecular flexibility index (Phi) is 4.00. The monoisotopic (exact) mass is 258 g/mol. The second kappa shape index (κ2) is 5.69. The lowest BCUT2D eigenvalue weighted by molar-refractivity contribution is 0.112. The lowest BCUT2D eigenvalue weighted by Gasteiger charge is -2.07. The Bertz CT molecular complexity index is 588. The average Bonchev–Trinajstić information content (AvgIpc) is 2.82. The number of ether oxygens (including phenoxy) is 1. The van der Waals surface area contributed by atoms with Gasteiger partial charge in [-0.25, -0.2) is 0 Å². The van der Waals surface area contributed by atoms with Gasteiger partial charge in [0.05, 0.1) is 12.7 Å². The molecule has 0 spiro atoms. The van der Waals surface area contributed by atoms with Crippen molar-refractivity contribution in [2.45, 2.75) is 26.8 Å². The van der Waals surface area contributed by atoms with Crippen molar-refractivity contribution < 1.29 is 9.53 Å². The van der Waals surface area contributed by atoms with Crippen LogP contribution in [-0.4, -0.2) is 23.2 Å². The van der Waals surface area contributed by atoms with Gasteiger partial charge in [0.25, 0.3) is 0 Å². The Hall–Kier alpha value is -2.10. The standard InChI is InChI=1S/C15H18N2O2/c1-4-7-17-9-12(10-18)15(16-17)13-8-11(2)5-6-14(13)19-3/h5-6,8-10H,4,7H2,1-3H3. The number of carbonyl (C=O) groups is 1. The van der Waals surface area contributed by atoms with Crippen LogP contribution in [0.1, 0.15) is 29.3 Å². The third kappa shape index (κ3) is 2.67. The number of aryl methyl sites for hydroxylation is 2. The summed E-state index contributed by atoms with van der Waals surface area (Å²) in [5, 5.41) is 4.50. The van der Waals surface area contributed by atoms with E-state index in [1.807, 2.05) is 25.1 Å². The molecule has 0 aliphatic rings.